The molecule has 2 rings (SSSR count). The maximum Gasteiger partial charge on any atom is 0.338 e. The summed E-state index contributed by atoms with van der Waals surface area (Å²) in [7, 11) is 0. The second-order valence-electron chi connectivity index (χ2n) is 5.97. The molecule has 1 aliphatic rings. The van der Waals surface area contributed by atoms with Crippen LogP contribution < -0.4 is 4.74 Å². The molecule has 0 aliphatic carbocycles. The van der Waals surface area contributed by atoms with Crippen LogP contribution in [-0.2, 0) is 4.74 Å². The zero-order valence-corrected chi connectivity index (χ0v) is 15.2. The molecule has 130 valence electrons. The predicted octanol–water partition coefficient (Wildman–Crippen LogP) is 3.77. The molecule has 1 aliphatic heterocycles. The summed E-state index contributed by atoms with van der Waals surface area (Å²) in [5.74, 6) is 0.599. The fourth-order valence-electron chi connectivity index (χ4n) is 2.89. The van der Waals surface area contributed by atoms with Crippen molar-refractivity contribution in [2.24, 2.45) is 0 Å². The topological polar surface area (TPSA) is 38.8 Å². The van der Waals surface area contributed by atoms with Crippen molar-refractivity contribution in [3.05, 3.63) is 28.8 Å². The van der Waals surface area contributed by atoms with Crippen molar-refractivity contribution in [2.45, 2.75) is 40.0 Å². The number of esters is 1. The lowest BCUT2D eigenvalue weighted by molar-refractivity contribution is 0.0470. The fraction of sp³-hybridized carbons (Fsp3) is 0.611. The molecule has 0 amide bonds. The molecule has 1 aromatic carbocycles. The highest BCUT2D eigenvalue weighted by Gasteiger charge is 2.17. The molecule has 1 aromatic rings. The van der Waals surface area contributed by atoms with Gasteiger partial charge in [-0.05, 0) is 69.5 Å². The summed E-state index contributed by atoms with van der Waals surface area (Å²) in [5, 5.41) is 0. The fourth-order valence-corrected chi connectivity index (χ4v) is 2.89. The Bertz CT molecular complexity index is 490. The van der Waals surface area contributed by atoms with Crippen LogP contribution in [0.25, 0.3) is 0 Å². The van der Waals surface area contributed by atoms with Gasteiger partial charge in [0.05, 0.1) is 12.2 Å². The van der Waals surface area contributed by atoms with E-state index in [1.54, 1.807) is 0 Å². The van der Waals surface area contributed by atoms with Crippen LogP contribution >= 0.6 is 12.4 Å². The first kappa shape index (κ1) is 19.8. The minimum absolute atomic E-state index is 0. The van der Waals surface area contributed by atoms with Crippen LogP contribution in [0, 0.1) is 13.8 Å². The zero-order valence-electron chi connectivity index (χ0n) is 14.4. The summed E-state index contributed by atoms with van der Waals surface area (Å²) in [6.45, 7) is 10.2. The summed E-state index contributed by atoms with van der Waals surface area (Å²) < 4.78 is 11.1. The van der Waals surface area contributed by atoms with Crippen molar-refractivity contribution in [1.82, 2.24) is 4.90 Å². The lowest BCUT2D eigenvalue weighted by Gasteiger charge is -2.16. The van der Waals surface area contributed by atoms with Crippen molar-refractivity contribution in [2.75, 3.05) is 32.8 Å². The van der Waals surface area contributed by atoms with Gasteiger partial charge in [0.15, 0.2) is 0 Å². The van der Waals surface area contributed by atoms with Gasteiger partial charge in [0, 0.05) is 6.54 Å². The standard InChI is InChI=1S/C18H27NO3.ClH/c1-4-10-21-16-12-14(2)17(15(3)13-16)18(20)22-11-9-19-7-5-6-8-19;/h12-13H,4-11H2,1-3H3;1H. The Kier molecular flexibility index (Phi) is 8.42. The van der Waals surface area contributed by atoms with E-state index in [1.807, 2.05) is 26.0 Å². The highest BCUT2D eigenvalue weighted by molar-refractivity contribution is 5.93. The smallest absolute Gasteiger partial charge is 0.338 e. The first-order valence-corrected chi connectivity index (χ1v) is 8.25. The Morgan fingerprint density at radius 2 is 1.74 bits per heavy atom. The van der Waals surface area contributed by atoms with Gasteiger partial charge in [0.25, 0.3) is 0 Å². The quantitative estimate of drug-likeness (QED) is 0.708. The number of halogens is 1. The monoisotopic (exact) mass is 341 g/mol. The number of nitrogens with zero attached hydrogens (tertiary/aromatic N) is 1. The normalized spacial score (nSPS) is 14.4. The molecule has 0 unspecified atom stereocenters. The van der Waals surface area contributed by atoms with Crippen LogP contribution in [0.5, 0.6) is 5.75 Å². The van der Waals surface area contributed by atoms with Gasteiger partial charge in [-0.1, -0.05) is 6.92 Å². The average molecular weight is 342 g/mol. The number of aryl methyl sites for hydroxylation is 2. The van der Waals surface area contributed by atoms with E-state index in [-0.39, 0.29) is 18.4 Å². The SMILES string of the molecule is CCCOc1cc(C)c(C(=O)OCCN2CCCC2)c(C)c1.Cl. The molecule has 5 heteroatoms. The molecular formula is C18H28ClNO3. The second-order valence-corrected chi connectivity index (χ2v) is 5.97. The van der Waals surface area contributed by atoms with E-state index in [4.69, 9.17) is 9.47 Å². The largest absolute Gasteiger partial charge is 0.494 e. The molecule has 0 spiro atoms. The van der Waals surface area contributed by atoms with E-state index < -0.39 is 0 Å². The Hall–Kier alpha value is -1.26. The third-order valence-electron chi connectivity index (χ3n) is 4.02. The van der Waals surface area contributed by atoms with E-state index in [0.717, 1.165) is 42.9 Å². The maximum atomic E-state index is 12.3. The Morgan fingerprint density at radius 3 is 2.30 bits per heavy atom. The molecule has 0 saturated carbocycles. The van der Waals surface area contributed by atoms with E-state index in [0.29, 0.717) is 18.8 Å². The van der Waals surface area contributed by atoms with Gasteiger partial charge in [-0.25, -0.2) is 4.79 Å². The molecule has 0 atom stereocenters. The molecular weight excluding hydrogens is 314 g/mol. The molecule has 0 N–H and O–H groups in total. The van der Waals surface area contributed by atoms with Gasteiger partial charge in [-0.15, -0.1) is 12.4 Å². The highest BCUT2D eigenvalue weighted by atomic mass is 35.5. The van der Waals surface area contributed by atoms with Gasteiger partial charge >= 0.3 is 5.97 Å². The van der Waals surface area contributed by atoms with Crippen molar-refractivity contribution in [3.8, 4) is 5.75 Å². The number of rotatable bonds is 7. The molecule has 0 bridgehead atoms. The van der Waals surface area contributed by atoms with Gasteiger partial charge in [-0.2, -0.15) is 0 Å². The van der Waals surface area contributed by atoms with Crippen molar-refractivity contribution in [3.63, 3.8) is 0 Å². The summed E-state index contributed by atoms with van der Waals surface area (Å²) in [6, 6.07) is 3.83. The van der Waals surface area contributed by atoms with Crippen LogP contribution in [-0.4, -0.2) is 43.7 Å². The summed E-state index contributed by atoms with van der Waals surface area (Å²) in [5.41, 5.74) is 2.50. The first-order chi connectivity index (χ1) is 10.6. The first-order valence-electron chi connectivity index (χ1n) is 8.25. The van der Waals surface area contributed by atoms with Gasteiger partial charge in [0.1, 0.15) is 12.4 Å². The molecule has 23 heavy (non-hydrogen) atoms. The van der Waals surface area contributed by atoms with E-state index in [1.165, 1.54) is 12.8 Å². The lowest BCUT2D eigenvalue weighted by Crippen LogP contribution is -2.25. The van der Waals surface area contributed by atoms with Crippen LogP contribution in [0.15, 0.2) is 12.1 Å². The predicted molar refractivity (Wildman–Crippen MR) is 94.9 cm³/mol. The Morgan fingerprint density at radius 1 is 1.13 bits per heavy atom. The van der Waals surface area contributed by atoms with E-state index in [2.05, 4.69) is 11.8 Å². The van der Waals surface area contributed by atoms with Crippen LogP contribution in [0.3, 0.4) is 0 Å². The van der Waals surface area contributed by atoms with Gasteiger partial charge in [0.2, 0.25) is 0 Å². The van der Waals surface area contributed by atoms with Gasteiger partial charge in [-0.3, -0.25) is 4.90 Å². The molecule has 1 saturated heterocycles. The van der Waals surface area contributed by atoms with Crippen LogP contribution in [0.1, 0.15) is 47.7 Å². The highest BCUT2D eigenvalue weighted by Crippen LogP contribution is 2.23. The molecule has 0 aromatic heterocycles. The number of ether oxygens (including phenoxy) is 2. The summed E-state index contributed by atoms with van der Waals surface area (Å²) in [4.78, 5) is 14.6. The molecule has 1 fully saturated rings. The third-order valence-corrected chi connectivity index (χ3v) is 4.02. The Balaban J connectivity index is 0.00000264. The minimum Gasteiger partial charge on any atom is -0.494 e. The number of likely N-dealkylation sites (tertiary alicyclic amines) is 1. The molecule has 1 heterocycles. The number of hydrogen-bond donors (Lipinski definition) is 0. The van der Waals surface area contributed by atoms with E-state index in [9.17, 15) is 4.79 Å². The minimum atomic E-state index is -0.226. The summed E-state index contributed by atoms with van der Waals surface area (Å²) in [6.07, 6.45) is 3.48. The van der Waals surface area contributed by atoms with Crippen molar-refractivity contribution < 1.29 is 14.3 Å². The zero-order chi connectivity index (χ0) is 15.9. The molecule has 0 radical (unpaired) electrons. The summed E-state index contributed by atoms with van der Waals surface area (Å²) >= 11 is 0. The third kappa shape index (κ3) is 5.70. The second kappa shape index (κ2) is 9.78. The van der Waals surface area contributed by atoms with Gasteiger partial charge < -0.3 is 9.47 Å². The number of carbonyl (C=O) groups is 1. The van der Waals surface area contributed by atoms with Crippen LogP contribution in [0.2, 0.25) is 0 Å². The number of carbonyl (C=O) groups excluding carboxylic acids is 1. The number of benzene rings is 1. The lowest BCUT2D eigenvalue weighted by atomic mass is 10.0. The van der Waals surface area contributed by atoms with Crippen LogP contribution in [0.4, 0.5) is 0 Å². The van der Waals surface area contributed by atoms with Crippen molar-refractivity contribution in [1.29, 1.82) is 0 Å². The van der Waals surface area contributed by atoms with E-state index >= 15 is 0 Å². The maximum absolute atomic E-state index is 12.3. The number of hydrogen-bond acceptors (Lipinski definition) is 4. The average Bonchev–Trinajstić information content (AvgIpc) is 2.97. The van der Waals surface area contributed by atoms with Crippen molar-refractivity contribution >= 4 is 18.4 Å². The Labute approximate surface area is 145 Å². The molecule has 4 nitrogen and oxygen atoms in total.